The molecule has 0 unspecified atom stereocenters. The van der Waals surface area contributed by atoms with E-state index in [1.54, 1.807) is 0 Å². The lowest BCUT2D eigenvalue weighted by molar-refractivity contribution is -0.0321. The van der Waals surface area contributed by atoms with Crippen molar-refractivity contribution in [3.63, 3.8) is 0 Å². The SMILES string of the molecule is C1CCC2(C1)CCNCCO2. The summed E-state index contributed by atoms with van der Waals surface area (Å²) in [6.07, 6.45) is 6.58. The molecule has 0 aromatic carbocycles. The molecule has 64 valence electrons. The van der Waals surface area contributed by atoms with E-state index in [0.29, 0.717) is 5.60 Å². The van der Waals surface area contributed by atoms with Gasteiger partial charge < -0.3 is 10.1 Å². The van der Waals surface area contributed by atoms with Crippen molar-refractivity contribution in [1.82, 2.24) is 5.32 Å². The van der Waals surface area contributed by atoms with Crippen molar-refractivity contribution in [3.05, 3.63) is 0 Å². The summed E-state index contributed by atoms with van der Waals surface area (Å²) in [5.74, 6) is 0. The van der Waals surface area contributed by atoms with Crippen molar-refractivity contribution in [2.75, 3.05) is 19.7 Å². The van der Waals surface area contributed by atoms with E-state index < -0.39 is 0 Å². The zero-order valence-electron chi connectivity index (χ0n) is 7.07. The van der Waals surface area contributed by atoms with E-state index in [0.717, 1.165) is 19.7 Å². The smallest absolute Gasteiger partial charge is 0.0695 e. The van der Waals surface area contributed by atoms with Gasteiger partial charge in [0.05, 0.1) is 12.2 Å². The molecule has 1 heterocycles. The Labute approximate surface area is 68.3 Å². The van der Waals surface area contributed by atoms with Crippen molar-refractivity contribution in [2.24, 2.45) is 0 Å². The number of ether oxygens (including phenoxy) is 1. The summed E-state index contributed by atoms with van der Waals surface area (Å²) in [6, 6.07) is 0. The Balaban J connectivity index is 1.97. The maximum absolute atomic E-state index is 5.89. The lowest BCUT2D eigenvalue weighted by atomic mass is 9.98. The molecule has 11 heavy (non-hydrogen) atoms. The lowest BCUT2D eigenvalue weighted by Gasteiger charge is -2.26. The Morgan fingerprint density at radius 2 is 1.82 bits per heavy atom. The molecule has 1 N–H and O–H groups in total. The topological polar surface area (TPSA) is 21.3 Å². The van der Waals surface area contributed by atoms with E-state index in [4.69, 9.17) is 4.74 Å². The van der Waals surface area contributed by atoms with Gasteiger partial charge in [0.2, 0.25) is 0 Å². The number of nitrogens with one attached hydrogen (secondary N) is 1. The van der Waals surface area contributed by atoms with Crippen LogP contribution in [0.5, 0.6) is 0 Å². The van der Waals surface area contributed by atoms with Crippen LogP contribution in [-0.2, 0) is 4.74 Å². The minimum atomic E-state index is 0.295. The molecule has 2 nitrogen and oxygen atoms in total. The average Bonchev–Trinajstić information content (AvgIpc) is 2.32. The van der Waals surface area contributed by atoms with E-state index in [1.165, 1.54) is 32.1 Å². The van der Waals surface area contributed by atoms with Gasteiger partial charge >= 0.3 is 0 Å². The Morgan fingerprint density at radius 1 is 1.00 bits per heavy atom. The van der Waals surface area contributed by atoms with Crippen LogP contribution in [-0.4, -0.2) is 25.3 Å². The van der Waals surface area contributed by atoms with Crippen molar-refractivity contribution in [2.45, 2.75) is 37.7 Å². The minimum absolute atomic E-state index is 0.295. The highest BCUT2D eigenvalue weighted by Crippen LogP contribution is 2.36. The molecule has 0 amide bonds. The van der Waals surface area contributed by atoms with E-state index in [2.05, 4.69) is 5.32 Å². The van der Waals surface area contributed by atoms with E-state index in [1.807, 2.05) is 0 Å². The van der Waals surface area contributed by atoms with Gasteiger partial charge in [-0.2, -0.15) is 0 Å². The first-order valence-electron chi connectivity index (χ1n) is 4.76. The van der Waals surface area contributed by atoms with Crippen molar-refractivity contribution < 1.29 is 4.74 Å². The average molecular weight is 155 g/mol. The molecular formula is C9H17NO. The second-order valence-corrected chi connectivity index (χ2v) is 3.74. The maximum Gasteiger partial charge on any atom is 0.0695 e. The predicted octanol–water partition coefficient (Wildman–Crippen LogP) is 1.31. The molecule has 1 spiro atoms. The standard InChI is InChI=1S/C9H17NO/c1-2-4-9(3-1)5-6-10-7-8-11-9/h10H,1-8H2. The van der Waals surface area contributed by atoms with Gasteiger partial charge in [-0.15, -0.1) is 0 Å². The van der Waals surface area contributed by atoms with Gasteiger partial charge in [0.15, 0.2) is 0 Å². The Hall–Kier alpha value is -0.0800. The van der Waals surface area contributed by atoms with Gasteiger partial charge in [-0.3, -0.25) is 0 Å². The maximum atomic E-state index is 5.89. The third kappa shape index (κ3) is 1.57. The summed E-state index contributed by atoms with van der Waals surface area (Å²) in [4.78, 5) is 0. The monoisotopic (exact) mass is 155 g/mol. The molecule has 2 heteroatoms. The quantitative estimate of drug-likeness (QED) is 0.569. The van der Waals surface area contributed by atoms with Crippen LogP contribution in [0.25, 0.3) is 0 Å². The van der Waals surface area contributed by atoms with Gasteiger partial charge in [-0.25, -0.2) is 0 Å². The van der Waals surface area contributed by atoms with E-state index in [9.17, 15) is 0 Å². The second kappa shape index (κ2) is 3.11. The minimum Gasteiger partial charge on any atom is -0.374 e. The van der Waals surface area contributed by atoms with Gasteiger partial charge in [0.25, 0.3) is 0 Å². The zero-order chi connectivity index (χ0) is 7.57. The number of hydrogen-bond acceptors (Lipinski definition) is 2. The van der Waals surface area contributed by atoms with Crippen LogP contribution in [0, 0.1) is 0 Å². The Morgan fingerprint density at radius 3 is 2.64 bits per heavy atom. The highest BCUT2D eigenvalue weighted by molar-refractivity contribution is 4.88. The molecule has 2 fully saturated rings. The predicted molar refractivity (Wildman–Crippen MR) is 44.6 cm³/mol. The van der Waals surface area contributed by atoms with Crippen molar-refractivity contribution in [3.8, 4) is 0 Å². The highest BCUT2D eigenvalue weighted by atomic mass is 16.5. The summed E-state index contributed by atoms with van der Waals surface area (Å²) in [5, 5.41) is 3.37. The number of hydrogen-bond donors (Lipinski definition) is 1. The summed E-state index contributed by atoms with van der Waals surface area (Å²) in [6.45, 7) is 3.11. The van der Waals surface area contributed by atoms with Crippen LogP contribution in [0.3, 0.4) is 0 Å². The third-order valence-corrected chi connectivity index (χ3v) is 2.96. The van der Waals surface area contributed by atoms with Crippen LogP contribution < -0.4 is 5.32 Å². The van der Waals surface area contributed by atoms with Crippen molar-refractivity contribution in [1.29, 1.82) is 0 Å². The van der Waals surface area contributed by atoms with Crippen LogP contribution in [0.15, 0.2) is 0 Å². The molecule has 0 radical (unpaired) electrons. The second-order valence-electron chi connectivity index (χ2n) is 3.74. The molecule has 0 bridgehead atoms. The van der Waals surface area contributed by atoms with Crippen LogP contribution in [0.4, 0.5) is 0 Å². The first-order chi connectivity index (χ1) is 5.41. The lowest BCUT2D eigenvalue weighted by Crippen LogP contribution is -2.29. The zero-order valence-corrected chi connectivity index (χ0v) is 7.07. The molecular weight excluding hydrogens is 138 g/mol. The Bertz CT molecular complexity index is 120. The fraction of sp³-hybridized carbons (Fsp3) is 1.00. The highest BCUT2D eigenvalue weighted by Gasteiger charge is 2.34. The van der Waals surface area contributed by atoms with E-state index in [-0.39, 0.29) is 0 Å². The normalized spacial score (nSPS) is 30.5. The molecule has 2 aliphatic rings. The summed E-state index contributed by atoms with van der Waals surface area (Å²) < 4.78 is 5.89. The van der Waals surface area contributed by atoms with Gasteiger partial charge in [-0.1, -0.05) is 12.8 Å². The molecule has 0 aromatic heterocycles. The molecule has 1 saturated heterocycles. The first kappa shape index (κ1) is 7.56. The van der Waals surface area contributed by atoms with Crippen LogP contribution in [0.2, 0.25) is 0 Å². The van der Waals surface area contributed by atoms with Crippen LogP contribution >= 0.6 is 0 Å². The van der Waals surface area contributed by atoms with Crippen LogP contribution in [0.1, 0.15) is 32.1 Å². The van der Waals surface area contributed by atoms with Gasteiger partial charge in [0.1, 0.15) is 0 Å². The fourth-order valence-corrected chi connectivity index (χ4v) is 2.27. The third-order valence-electron chi connectivity index (χ3n) is 2.96. The molecule has 1 aliphatic carbocycles. The van der Waals surface area contributed by atoms with Gasteiger partial charge in [0, 0.05) is 6.54 Å². The molecule has 1 saturated carbocycles. The molecule has 1 aliphatic heterocycles. The summed E-state index contributed by atoms with van der Waals surface area (Å²) in [7, 11) is 0. The fourth-order valence-electron chi connectivity index (χ4n) is 2.27. The Kier molecular flexibility index (Phi) is 2.14. The largest absolute Gasteiger partial charge is 0.374 e. The number of rotatable bonds is 0. The summed E-state index contributed by atoms with van der Waals surface area (Å²) >= 11 is 0. The molecule has 0 aromatic rings. The molecule has 0 atom stereocenters. The molecule has 2 rings (SSSR count). The summed E-state index contributed by atoms with van der Waals surface area (Å²) in [5.41, 5.74) is 0.295. The van der Waals surface area contributed by atoms with Gasteiger partial charge in [-0.05, 0) is 25.8 Å². The van der Waals surface area contributed by atoms with Crippen molar-refractivity contribution >= 4 is 0 Å². The first-order valence-corrected chi connectivity index (χ1v) is 4.76. The van der Waals surface area contributed by atoms with E-state index >= 15 is 0 Å².